The van der Waals surface area contributed by atoms with Gasteiger partial charge in [-0.2, -0.15) is 0 Å². The smallest absolute Gasteiger partial charge is 0.190 e. The van der Waals surface area contributed by atoms with Gasteiger partial charge in [0.15, 0.2) is 5.16 Å². The zero-order chi connectivity index (χ0) is 14.7. The molecule has 2 heterocycles. The maximum Gasteiger partial charge on any atom is 0.190 e. The van der Waals surface area contributed by atoms with Crippen LogP contribution in [0.2, 0.25) is 4.34 Å². The molecule has 0 fully saturated rings. The standard InChI is InChI=1S/C13H12ClN5S2/c1-2-15-12-8-5-3-4-6-9(8)16-13(17-12)20-7-10-11(14)21-19-18-10/h3-6H,2,7H2,1H3,(H,15,16,17). The molecule has 0 spiro atoms. The lowest BCUT2D eigenvalue weighted by molar-refractivity contribution is 0.987. The van der Waals surface area contributed by atoms with Crippen LogP contribution >= 0.6 is 34.9 Å². The summed E-state index contributed by atoms with van der Waals surface area (Å²) < 4.78 is 4.44. The number of halogens is 1. The van der Waals surface area contributed by atoms with E-state index in [0.717, 1.165) is 29.0 Å². The SMILES string of the molecule is CCNc1nc(SCc2nnsc2Cl)nc2ccccc12. The number of thioether (sulfide) groups is 1. The second-order valence-corrected chi connectivity index (χ2v) is 6.48. The van der Waals surface area contributed by atoms with Crippen molar-refractivity contribution >= 4 is 51.6 Å². The summed E-state index contributed by atoms with van der Waals surface area (Å²) in [6, 6.07) is 7.96. The topological polar surface area (TPSA) is 63.6 Å². The van der Waals surface area contributed by atoms with Gasteiger partial charge < -0.3 is 5.32 Å². The van der Waals surface area contributed by atoms with E-state index in [2.05, 4.69) is 24.9 Å². The Labute approximate surface area is 135 Å². The normalized spacial score (nSPS) is 11.0. The van der Waals surface area contributed by atoms with Crippen molar-refractivity contribution in [3.63, 3.8) is 0 Å². The Balaban J connectivity index is 1.90. The molecule has 0 aliphatic carbocycles. The van der Waals surface area contributed by atoms with E-state index in [0.29, 0.717) is 15.2 Å². The van der Waals surface area contributed by atoms with E-state index in [-0.39, 0.29) is 0 Å². The van der Waals surface area contributed by atoms with Gasteiger partial charge in [0.25, 0.3) is 0 Å². The number of benzene rings is 1. The zero-order valence-electron chi connectivity index (χ0n) is 11.2. The Morgan fingerprint density at radius 2 is 2.14 bits per heavy atom. The van der Waals surface area contributed by atoms with Gasteiger partial charge in [-0.1, -0.05) is 40.0 Å². The summed E-state index contributed by atoms with van der Waals surface area (Å²) in [7, 11) is 0. The average Bonchev–Trinajstić information content (AvgIpc) is 2.91. The highest BCUT2D eigenvalue weighted by Crippen LogP contribution is 2.28. The molecule has 0 atom stereocenters. The van der Waals surface area contributed by atoms with E-state index in [1.54, 1.807) is 0 Å². The summed E-state index contributed by atoms with van der Waals surface area (Å²) in [5.41, 5.74) is 1.70. The maximum absolute atomic E-state index is 6.01. The molecule has 1 N–H and O–H groups in total. The summed E-state index contributed by atoms with van der Waals surface area (Å²) in [6.07, 6.45) is 0. The fraction of sp³-hybridized carbons (Fsp3) is 0.231. The number of anilines is 1. The summed E-state index contributed by atoms with van der Waals surface area (Å²) in [4.78, 5) is 9.14. The molecular formula is C13H12ClN5S2. The lowest BCUT2D eigenvalue weighted by atomic mass is 10.2. The number of hydrogen-bond acceptors (Lipinski definition) is 7. The van der Waals surface area contributed by atoms with E-state index in [4.69, 9.17) is 11.6 Å². The number of hydrogen-bond donors (Lipinski definition) is 1. The first-order chi connectivity index (χ1) is 10.3. The predicted molar refractivity (Wildman–Crippen MR) is 88.2 cm³/mol. The molecule has 2 aromatic heterocycles. The molecule has 3 rings (SSSR count). The summed E-state index contributed by atoms with van der Waals surface area (Å²) in [6.45, 7) is 2.86. The molecule has 1 aromatic carbocycles. The Morgan fingerprint density at radius 1 is 1.29 bits per heavy atom. The molecule has 108 valence electrons. The summed E-state index contributed by atoms with van der Waals surface area (Å²) >= 11 is 8.70. The van der Waals surface area contributed by atoms with Crippen LogP contribution in [0.5, 0.6) is 0 Å². The lowest BCUT2D eigenvalue weighted by Gasteiger charge is -2.08. The Hall–Kier alpha value is -1.44. The molecular weight excluding hydrogens is 326 g/mol. The quantitative estimate of drug-likeness (QED) is 0.563. The van der Waals surface area contributed by atoms with Crippen LogP contribution in [0.25, 0.3) is 10.9 Å². The molecule has 21 heavy (non-hydrogen) atoms. The number of para-hydroxylation sites is 1. The minimum Gasteiger partial charge on any atom is -0.370 e. The molecule has 0 aliphatic rings. The minimum atomic E-state index is 0.610. The zero-order valence-corrected chi connectivity index (χ0v) is 13.6. The third-order valence-corrected chi connectivity index (χ3v) is 4.62. The molecule has 8 heteroatoms. The van der Waals surface area contributed by atoms with Gasteiger partial charge in [0.1, 0.15) is 15.8 Å². The number of rotatable bonds is 5. The van der Waals surface area contributed by atoms with Crippen molar-refractivity contribution < 1.29 is 0 Å². The second kappa shape index (κ2) is 6.55. The number of nitrogens with zero attached hydrogens (tertiary/aromatic N) is 4. The van der Waals surface area contributed by atoms with Gasteiger partial charge in [-0.05, 0) is 19.1 Å². The molecule has 3 aromatic rings. The van der Waals surface area contributed by atoms with Gasteiger partial charge in [-0.15, -0.1) is 5.10 Å². The van der Waals surface area contributed by atoms with Crippen LogP contribution in [0.15, 0.2) is 29.4 Å². The first-order valence-electron chi connectivity index (χ1n) is 6.38. The van der Waals surface area contributed by atoms with Crippen LogP contribution in [0.3, 0.4) is 0 Å². The first-order valence-corrected chi connectivity index (χ1v) is 8.52. The van der Waals surface area contributed by atoms with Gasteiger partial charge >= 0.3 is 0 Å². The fourth-order valence-corrected chi connectivity index (χ4v) is 3.42. The van der Waals surface area contributed by atoms with E-state index >= 15 is 0 Å². The van der Waals surface area contributed by atoms with Crippen molar-refractivity contribution in [1.82, 2.24) is 19.6 Å². The summed E-state index contributed by atoms with van der Waals surface area (Å²) in [5.74, 6) is 1.47. The first kappa shape index (κ1) is 14.5. The molecule has 0 unspecified atom stereocenters. The van der Waals surface area contributed by atoms with Crippen molar-refractivity contribution in [2.75, 3.05) is 11.9 Å². The Kier molecular flexibility index (Phi) is 4.52. The lowest BCUT2D eigenvalue weighted by Crippen LogP contribution is -2.02. The fourth-order valence-electron chi connectivity index (χ4n) is 1.84. The minimum absolute atomic E-state index is 0.610. The van der Waals surface area contributed by atoms with Crippen molar-refractivity contribution in [1.29, 1.82) is 0 Å². The van der Waals surface area contributed by atoms with Crippen molar-refractivity contribution in [2.45, 2.75) is 17.8 Å². The molecule has 5 nitrogen and oxygen atoms in total. The van der Waals surface area contributed by atoms with Gasteiger partial charge in [-0.25, -0.2) is 9.97 Å². The maximum atomic E-state index is 6.01. The molecule has 0 saturated heterocycles. The summed E-state index contributed by atoms with van der Waals surface area (Å²) in [5, 5.41) is 9.00. The number of fused-ring (bicyclic) bond motifs is 1. The van der Waals surface area contributed by atoms with E-state index in [1.807, 2.05) is 31.2 Å². The van der Waals surface area contributed by atoms with Crippen LogP contribution in [0.1, 0.15) is 12.6 Å². The largest absolute Gasteiger partial charge is 0.370 e. The number of nitrogens with one attached hydrogen (secondary N) is 1. The highest BCUT2D eigenvalue weighted by atomic mass is 35.5. The van der Waals surface area contributed by atoms with Crippen LogP contribution in [-0.2, 0) is 5.75 Å². The van der Waals surface area contributed by atoms with Crippen LogP contribution in [0, 0.1) is 0 Å². The monoisotopic (exact) mass is 337 g/mol. The van der Waals surface area contributed by atoms with Crippen LogP contribution < -0.4 is 5.32 Å². The molecule has 0 radical (unpaired) electrons. The Bertz CT molecular complexity index is 761. The van der Waals surface area contributed by atoms with E-state index in [1.165, 1.54) is 23.3 Å². The third-order valence-electron chi connectivity index (χ3n) is 2.77. The highest BCUT2D eigenvalue weighted by molar-refractivity contribution is 7.98. The van der Waals surface area contributed by atoms with E-state index < -0.39 is 0 Å². The van der Waals surface area contributed by atoms with Gasteiger partial charge in [0.2, 0.25) is 0 Å². The van der Waals surface area contributed by atoms with Gasteiger partial charge in [0, 0.05) is 29.2 Å². The average molecular weight is 338 g/mol. The van der Waals surface area contributed by atoms with Gasteiger partial charge in [-0.3, -0.25) is 0 Å². The second-order valence-electron chi connectivity index (χ2n) is 4.18. The molecule has 0 amide bonds. The predicted octanol–water partition coefficient (Wildman–Crippen LogP) is 3.86. The van der Waals surface area contributed by atoms with Crippen LogP contribution in [0.4, 0.5) is 5.82 Å². The molecule has 0 aliphatic heterocycles. The van der Waals surface area contributed by atoms with Crippen LogP contribution in [-0.4, -0.2) is 26.1 Å². The van der Waals surface area contributed by atoms with E-state index in [9.17, 15) is 0 Å². The van der Waals surface area contributed by atoms with Crippen molar-refractivity contribution in [3.05, 3.63) is 34.3 Å². The number of aromatic nitrogens is 4. The molecule has 0 saturated carbocycles. The Morgan fingerprint density at radius 3 is 2.90 bits per heavy atom. The van der Waals surface area contributed by atoms with Gasteiger partial charge in [0.05, 0.1) is 5.52 Å². The molecule has 0 bridgehead atoms. The highest BCUT2D eigenvalue weighted by Gasteiger charge is 2.10. The third kappa shape index (κ3) is 3.25. The van der Waals surface area contributed by atoms with Crippen molar-refractivity contribution in [2.24, 2.45) is 0 Å². The van der Waals surface area contributed by atoms with Crippen molar-refractivity contribution in [3.8, 4) is 0 Å².